The van der Waals surface area contributed by atoms with Gasteiger partial charge in [-0.3, -0.25) is 9.59 Å². The van der Waals surface area contributed by atoms with Crippen molar-refractivity contribution in [3.8, 4) is 0 Å². The van der Waals surface area contributed by atoms with Crippen LogP contribution >= 0.6 is 0 Å². The maximum absolute atomic E-state index is 12.6. The average molecular weight is 456 g/mol. The van der Waals surface area contributed by atoms with Crippen molar-refractivity contribution in [2.45, 2.75) is 19.3 Å². The Morgan fingerprint density at radius 1 is 0.912 bits per heavy atom. The zero-order chi connectivity index (χ0) is 23.3. The van der Waals surface area contributed by atoms with Gasteiger partial charge in [0.15, 0.2) is 5.82 Å². The molecule has 2 fully saturated rings. The highest BCUT2D eigenvalue weighted by atomic mass is 16.2. The number of hydrogen-bond acceptors (Lipinski definition) is 5. The molecule has 7 heteroatoms. The van der Waals surface area contributed by atoms with Gasteiger partial charge in [-0.05, 0) is 67.1 Å². The molecule has 0 radical (unpaired) electrons. The molecule has 2 aliphatic rings. The molecule has 2 aromatic carbocycles. The molecule has 2 aliphatic heterocycles. The quantitative estimate of drug-likeness (QED) is 0.614. The lowest BCUT2D eigenvalue weighted by Crippen LogP contribution is -2.52. The fourth-order valence-electron chi connectivity index (χ4n) is 4.70. The molecule has 1 N–H and O–H groups in total. The maximum Gasteiger partial charge on any atom is 0.253 e. The van der Waals surface area contributed by atoms with Crippen LogP contribution in [0.5, 0.6) is 0 Å². The van der Waals surface area contributed by atoms with Crippen molar-refractivity contribution < 1.29 is 9.59 Å². The Morgan fingerprint density at radius 3 is 2.32 bits per heavy atom. The summed E-state index contributed by atoms with van der Waals surface area (Å²) in [4.78, 5) is 29.2. The van der Waals surface area contributed by atoms with E-state index in [1.54, 1.807) is 6.20 Å². The van der Waals surface area contributed by atoms with Crippen LogP contribution in [0.3, 0.4) is 0 Å². The highest BCUT2D eigenvalue weighted by molar-refractivity contribution is 5.94. The molecule has 0 spiro atoms. The first-order valence-corrected chi connectivity index (χ1v) is 11.9. The molecule has 0 saturated carbocycles. The van der Waals surface area contributed by atoms with Crippen LogP contribution in [0, 0.1) is 11.8 Å². The minimum absolute atomic E-state index is 0.0366. The summed E-state index contributed by atoms with van der Waals surface area (Å²) in [5.41, 5.74) is 2.86. The minimum Gasteiger partial charge on any atom is -0.353 e. The zero-order valence-corrected chi connectivity index (χ0v) is 19.1. The molecule has 2 amide bonds. The first-order valence-electron chi connectivity index (χ1n) is 11.9. The minimum atomic E-state index is -0.0366. The largest absolute Gasteiger partial charge is 0.353 e. The summed E-state index contributed by atoms with van der Waals surface area (Å²) in [6, 6.07) is 21.5. The number of likely N-dealkylation sites (tertiary alicyclic amines) is 1. The molecular weight excluding hydrogens is 426 g/mol. The molecule has 0 atom stereocenters. The number of nitrogens with zero attached hydrogens (tertiary/aromatic N) is 4. The third kappa shape index (κ3) is 5.09. The molecule has 34 heavy (non-hydrogen) atoms. The molecule has 2 saturated heterocycles. The van der Waals surface area contributed by atoms with Crippen LogP contribution in [0.2, 0.25) is 0 Å². The molecule has 0 aliphatic carbocycles. The number of rotatable bonds is 6. The molecule has 3 heterocycles. The van der Waals surface area contributed by atoms with Crippen LogP contribution in [-0.2, 0) is 11.2 Å². The summed E-state index contributed by atoms with van der Waals surface area (Å²) in [7, 11) is 0. The fraction of sp³-hybridized carbons (Fsp3) is 0.333. The third-order valence-corrected chi connectivity index (χ3v) is 6.80. The highest BCUT2D eigenvalue weighted by Crippen LogP contribution is 2.25. The van der Waals surface area contributed by atoms with Gasteiger partial charge in [0.25, 0.3) is 5.91 Å². The first-order chi connectivity index (χ1) is 16.7. The van der Waals surface area contributed by atoms with Gasteiger partial charge < -0.3 is 15.1 Å². The van der Waals surface area contributed by atoms with E-state index in [1.165, 1.54) is 5.56 Å². The summed E-state index contributed by atoms with van der Waals surface area (Å²) in [6.07, 6.45) is 4.67. The van der Waals surface area contributed by atoms with E-state index >= 15 is 0 Å². The Bertz CT molecular complexity index is 1110. The normalized spacial score (nSPS) is 16.7. The van der Waals surface area contributed by atoms with E-state index in [-0.39, 0.29) is 17.7 Å². The van der Waals surface area contributed by atoms with Gasteiger partial charge in [0, 0.05) is 43.6 Å². The van der Waals surface area contributed by atoms with E-state index in [9.17, 15) is 9.59 Å². The summed E-state index contributed by atoms with van der Waals surface area (Å²) in [6.45, 7) is 2.93. The Kier molecular flexibility index (Phi) is 6.51. The van der Waals surface area contributed by atoms with E-state index in [0.717, 1.165) is 49.4 Å². The molecule has 3 aromatic rings. The SMILES string of the molecule is O=C(Nc1ccc(CC2CCN(C(=O)c3ccccc3)CC2)cc1)C1CN(c2cccnn2)C1. The van der Waals surface area contributed by atoms with Crippen molar-refractivity contribution in [1.82, 2.24) is 15.1 Å². The lowest BCUT2D eigenvalue weighted by molar-refractivity contribution is -0.120. The summed E-state index contributed by atoms with van der Waals surface area (Å²) < 4.78 is 0. The standard InChI is InChI=1S/C27H29N5O2/c33-26(23-18-32(19-23)25-7-4-14-28-30-25)29-24-10-8-20(9-11-24)17-21-12-15-31(16-13-21)27(34)22-5-2-1-3-6-22/h1-11,14,21,23H,12-13,15-19H2,(H,29,33). The second-order valence-electron chi connectivity index (χ2n) is 9.18. The van der Waals surface area contributed by atoms with Gasteiger partial charge in [-0.2, -0.15) is 5.10 Å². The monoisotopic (exact) mass is 455 g/mol. The number of carbonyl (C=O) groups is 2. The van der Waals surface area contributed by atoms with Gasteiger partial charge in [-0.1, -0.05) is 30.3 Å². The third-order valence-electron chi connectivity index (χ3n) is 6.80. The van der Waals surface area contributed by atoms with Crippen LogP contribution in [0.15, 0.2) is 72.9 Å². The van der Waals surface area contributed by atoms with Crippen LogP contribution < -0.4 is 10.2 Å². The molecule has 1 aromatic heterocycles. The molecule has 7 nitrogen and oxygen atoms in total. The van der Waals surface area contributed by atoms with Gasteiger partial charge in [0.1, 0.15) is 0 Å². The summed E-state index contributed by atoms with van der Waals surface area (Å²) in [5.74, 6) is 1.52. The van der Waals surface area contributed by atoms with E-state index in [4.69, 9.17) is 0 Å². The fourth-order valence-corrected chi connectivity index (χ4v) is 4.70. The van der Waals surface area contributed by atoms with Crippen molar-refractivity contribution in [2.24, 2.45) is 11.8 Å². The van der Waals surface area contributed by atoms with Gasteiger partial charge in [0.2, 0.25) is 5.91 Å². The smallest absolute Gasteiger partial charge is 0.253 e. The molecule has 174 valence electrons. The van der Waals surface area contributed by atoms with Crippen LogP contribution in [0.4, 0.5) is 11.5 Å². The maximum atomic E-state index is 12.6. The van der Waals surface area contributed by atoms with Gasteiger partial charge >= 0.3 is 0 Å². The Labute approximate surface area is 199 Å². The Balaban J connectivity index is 1.06. The van der Waals surface area contributed by atoms with E-state index in [1.807, 2.05) is 59.5 Å². The number of hydrogen-bond donors (Lipinski definition) is 1. The molecule has 0 bridgehead atoms. The lowest BCUT2D eigenvalue weighted by Gasteiger charge is -2.38. The molecular formula is C27H29N5O2. The van der Waals surface area contributed by atoms with Gasteiger partial charge in [0.05, 0.1) is 5.92 Å². The first kappa shape index (κ1) is 22.1. The Hall–Kier alpha value is -3.74. The van der Waals surface area contributed by atoms with Crippen molar-refractivity contribution in [3.63, 3.8) is 0 Å². The number of piperidine rings is 1. The van der Waals surface area contributed by atoms with E-state index < -0.39 is 0 Å². The van der Waals surface area contributed by atoms with Crippen LogP contribution in [-0.4, -0.2) is 53.1 Å². The second-order valence-corrected chi connectivity index (χ2v) is 9.18. The van der Waals surface area contributed by atoms with Crippen LogP contribution in [0.25, 0.3) is 0 Å². The predicted octanol–water partition coefficient (Wildman–Crippen LogP) is 3.65. The second kappa shape index (κ2) is 10.0. The highest BCUT2D eigenvalue weighted by Gasteiger charge is 2.33. The number of carbonyl (C=O) groups excluding carboxylic acids is 2. The summed E-state index contributed by atoms with van der Waals surface area (Å²) >= 11 is 0. The zero-order valence-electron chi connectivity index (χ0n) is 19.1. The van der Waals surface area contributed by atoms with E-state index in [2.05, 4.69) is 32.5 Å². The number of nitrogens with one attached hydrogen (secondary N) is 1. The van der Waals surface area contributed by atoms with Crippen molar-refractivity contribution in [3.05, 3.63) is 84.1 Å². The predicted molar refractivity (Wildman–Crippen MR) is 132 cm³/mol. The van der Waals surface area contributed by atoms with Crippen molar-refractivity contribution in [2.75, 3.05) is 36.4 Å². The number of aromatic nitrogens is 2. The topological polar surface area (TPSA) is 78.4 Å². The number of benzene rings is 2. The number of anilines is 2. The average Bonchev–Trinajstić information content (AvgIpc) is 2.86. The van der Waals surface area contributed by atoms with Gasteiger partial charge in [-0.15, -0.1) is 5.10 Å². The van der Waals surface area contributed by atoms with Crippen molar-refractivity contribution in [1.29, 1.82) is 0 Å². The lowest BCUT2D eigenvalue weighted by atomic mass is 9.90. The molecule has 5 rings (SSSR count). The van der Waals surface area contributed by atoms with Crippen molar-refractivity contribution >= 4 is 23.3 Å². The summed E-state index contributed by atoms with van der Waals surface area (Å²) in [5, 5.41) is 11.0. The van der Waals surface area contributed by atoms with Crippen LogP contribution in [0.1, 0.15) is 28.8 Å². The Morgan fingerprint density at radius 2 is 1.65 bits per heavy atom. The molecule has 0 unspecified atom stereocenters. The van der Waals surface area contributed by atoms with E-state index in [0.29, 0.717) is 19.0 Å². The van der Waals surface area contributed by atoms with Gasteiger partial charge in [-0.25, -0.2) is 0 Å². The number of amides is 2.